The van der Waals surface area contributed by atoms with Crippen LogP contribution >= 0.6 is 0 Å². The fourth-order valence-electron chi connectivity index (χ4n) is 1.80. The molecule has 0 aromatic heterocycles. The molecule has 108 valence electrons. The smallest absolute Gasteiger partial charge is 0.118 e. The maximum Gasteiger partial charge on any atom is 0.118 e. The van der Waals surface area contributed by atoms with E-state index in [4.69, 9.17) is 4.74 Å². The molecule has 0 spiro atoms. The zero-order chi connectivity index (χ0) is 14.4. The maximum atomic E-state index is 12.3. The number of nitrogens with one attached hydrogen (secondary N) is 1. The first-order valence-electron chi connectivity index (χ1n) is 6.68. The van der Waals surface area contributed by atoms with Crippen molar-refractivity contribution in [2.75, 3.05) is 19.9 Å². The molecular weight excluding hydrogens is 258 g/mol. The Morgan fingerprint density at radius 3 is 2.21 bits per heavy atom. The molecule has 4 heteroatoms. The Hall–Kier alpha value is -0.870. The van der Waals surface area contributed by atoms with Gasteiger partial charge in [0.05, 0.1) is 7.11 Å². The van der Waals surface area contributed by atoms with Crippen molar-refractivity contribution < 1.29 is 8.95 Å². The fraction of sp³-hybridized carbons (Fsp3) is 0.600. The minimum atomic E-state index is -0.826. The largest absolute Gasteiger partial charge is 0.497 e. The Morgan fingerprint density at radius 2 is 1.79 bits per heavy atom. The minimum absolute atomic E-state index is 0.118. The lowest BCUT2D eigenvalue weighted by molar-refractivity contribution is 0.414. The number of methoxy groups -OCH3 is 1. The molecule has 0 amide bonds. The Labute approximate surface area is 119 Å². The van der Waals surface area contributed by atoms with E-state index in [0.29, 0.717) is 11.7 Å². The predicted molar refractivity (Wildman–Crippen MR) is 82.1 cm³/mol. The van der Waals surface area contributed by atoms with Gasteiger partial charge >= 0.3 is 0 Å². The van der Waals surface area contributed by atoms with Gasteiger partial charge in [0.2, 0.25) is 0 Å². The molecule has 0 heterocycles. The molecule has 1 N–H and O–H groups in total. The highest BCUT2D eigenvalue weighted by atomic mass is 32.2. The third-order valence-electron chi connectivity index (χ3n) is 3.55. The molecule has 1 rings (SSSR count). The van der Waals surface area contributed by atoms with Crippen molar-refractivity contribution in [3.05, 3.63) is 29.8 Å². The molecule has 1 aromatic carbocycles. The van der Waals surface area contributed by atoms with Gasteiger partial charge in [-0.1, -0.05) is 32.9 Å². The van der Waals surface area contributed by atoms with Crippen LogP contribution in [0.5, 0.6) is 5.75 Å². The first-order valence-corrected chi connectivity index (χ1v) is 8.06. The SMILES string of the molecule is CNC(CS(=O)C(C)C(C)C)c1ccc(OC)cc1. The third-order valence-corrected chi connectivity index (χ3v) is 5.59. The molecule has 3 nitrogen and oxygen atoms in total. The molecule has 0 aliphatic carbocycles. The minimum Gasteiger partial charge on any atom is -0.497 e. The lowest BCUT2D eigenvalue weighted by Gasteiger charge is -2.21. The first kappa shape index (κ1) is 16.2. The summed E-state index contributed by atoms with van der Waals surface area (Å²) in [6.07, 6.45) is 0. The molecule has 3 unspecified atom stereocenters. The molecular formula is C15H25NO2S. The molecule has 19 heavy (non-hydrogen) atoms. The summed E-state index contributed by atoms with van der Waals surface area (Å²) in [6, 6.07) is 8.05. The molecule has 1 aromatic rings. The zero-order valence-electron chi connectivity index (χ0n) is 12.5. The van der Waals surface area contributed by atoms with E-state index < -0.39 is 10.8 Å². The van der Waals surface area contributed by atoms with Gasteiger partial charge in [-0.25, -0.2) is 0 Å². The van der Waals surface area contributed by atoms with Crippen LogP contribution in [0.4, 0.5) is 0 Å². The van der Waals surface area contributed by atoms with Gasteiger partial charge in [0, 0.05) is 27.8 Å². The molecule has 0 aliphatic rings. The Morgan fingerprint density at radius 1 is 1.21 bits per heavy atom. The van der Waals surface area contributed by atoms with Crippen LogP contribution in [-0.2, 0) is 10.8 Å². The van der Waals surface area contributed by atoms with Gasteiger partial charge in [-0.15, -0.1) is 0 Å². The monoisotopic (exact) mass is 283 g/mol. The van der Waals surface area contributed by atoms with Gasteiger partial charge in [0.1, 0.15) is 5.75 Å². The molecule has 0 aliphatic heterocycles. The third kappa shape index (κ3) is 4.62. The molecule has 0 radical (unpaired) electrons. The number of hydrogen-bond acceptors (Lipinski definition) is 3. The summed E-state index contributed by atoms with van der Waals surface area (Å²) >= 11 is 0. The van der Waals surface area contributed by atoms with E-state index in [9.17, 15) is 4.21 Å². The van der Waals surface area contributed by atoms with Crippen LogP contribution < -0.4 is 10.1 Å². The van der Waals surface area contributed by atoms with E-state index in [-0.39, 0.29) is 11.3 Å². The summed E-state index contributed by atoms with van der Waals surface area (Å²) in [5, 5.41) is 3.46. The first-order chi connectivity index (χ1) is 8.99. The maximum absolute atomic E-state index is 12.3. The van der Waals surface area contributed by atoms with E-state index in [0.717, 1.165) is 11.3 Å². The van der Waals surface area contributed by atoms with Crippen LogP contribution in [0.1, 0.15) is 32.4 Å². The van der Waals surface area contributed by atoms with Crippen molar-refractivity contribution in [1.29, 1.82) is 0 Å². The standard InChI is InChI=1S/C15H25NO2S/c1-11(2)12(3)19(17)10-15(16-4)13-6-8-14(18-5)9-7-13/h6-9,11-12,15-16H,10H2,1-5H3. The average Bonchev–Trinajstić information content (AvgIpc) is 2.43. The van der Waals surface area contributed by atoms with Crippen molar-refractivity contribution in [2.45, 2.75) is 32.1 Å². The summed E-state index contributed by atoms with van der Waals surface area (Å²) in [4.78, 5) is 0. The number of rotatable bonds is 7. The summed E-state index contributed by atoms with van der Waals surface area (Å²) in [5.41, 5.74) is 1.15. The van der Waals surface area contributed by atoms with Crippen molar-refractivity contribution in [3.63, 3.8) is 0 Å². The van der Waals surface area contributed by atoms with Gasteiger partial charge < -0.3 is 10.1 Å². The summed E-state index contributed by atoms with van der Waals surface area (Å²) in [5.74, 6) is 1.92. The van der Waals surface area contributed by atoms with E-state index in [1.54, 1.807) is 7.11 Å². The number of benzene rings is 1. The fourth-order valence-corrected chi connectivity index (χ4v) is 3.40. The summed E-state index contributed by atoms with van der Waals surface area (Å²) < 4.78 is 17.4. The molecule has 3 atom stereocenters. The topological polar surface area (TPSA) is 38.3 Å². The van der Waals surface area contributed by atoms with Crippen molar-refractivity contribution in [1.82, 2.24) is 5.32 Å². The van der Waals surface area contributed by atoms with E-state index in [2.05, 4.69) is 26.1 Å². The van der Waals surface area contributed by atoms with Crippen LogP contribution in [0.2, 0.25) is 0 Å². The van der Waals surface area contributed by atoms with Crippen LogP contribution in [0.3, 0.4) is 0 Å². The van der Waals surface area contributed by atoms with Gasteiger partial charge in [-0.2, -0.15) is 0 Å². The van der Waals surface area contributed by atoms with Crippen LogP contribution in [0.25, 0.3) is 0 Å². The Bertz CT molecular complexity index is 403. The lowest BCUT2D eigenvalue weighted by Crippen LogP contribution is -2.28. The zero-order valence-corrected chi connectivity index (χ0v) is 13.3. The highest BCUT2D eigenvalue weighted by Gasteiger charge is 2.20. The Balaban J connectivity index is 2.74. The van der Waals surface area contributed by atoms with Crippen LogP contribution in [0.15, 0.2) is 24.3 Å². The average molecular weight is 283 g/mol. The molecule has 0 bridgehead atoms. The van der Waals surface area contributed by atoms with E-state index >= 15 is 0 Å². The highest BCUT2D eigenvalue weighted by Crippen LogP contribution is 2.20. The van der Waals surface area contributed by atoms with Crippen molar-refractivity contribution >= 4 is 10.8 Å². The molecule has 0 fully saturated rings. The Kier molecular flexibility index (Phi) is 6.52. The highest BCUT2D eigenvalue weighted by molar-refractivity contribution is 7.85. The second kappa shape index (κ2) is 7.65. The normalized spacial score (nSPS) is 16.1. The van der Waals surface area contributed by atoms with Crippen molar-refractivity contribution in [3.8, 4) is 5.75 Å². The quantitative estimate of drug-likeness (QED) is 0.836. The van der Waals surface area contributed by atoms with E-state index in [1.165, 1.54) is 0 Å². The predicted octanol–water partition coefficient (Wildman–Crippen LogP) is 2.75. The van der Waals surface area contributed by atoms with Gasteiger partial charge in [-0.05, 0) is 30.7 Å². The lowest BCUT2D eigenvalue weighted by atomic mass is 10.1. The van der Waals surface area contributed by atoms with Crippen LogP contribution in [0, 0.1) is 5.92 Å². The van der Waals surface area contributed by atoms with Crippen LogP contribution in [-0.4, -0.2) is 29.4 Å². The number of hydrogen-bond donors (Lipinski definition) is 1. The second-order valence-electron chi connectivity index (χ2n) is 5.11. The van der Waals surface area contributed by atoms with Gasteiger partial charge in [0.25, 0.3) is 0 Å². The molecule has 0 saturated carbocycles. The van der Waals surface area contributed by atoms with Gasteiger partial charge in [-0.3, -0.25) is 4.21 Å². The summed E-state index contributed by atoms with van der Waals surface area (Å²) in [6.45, 7) is 6.29. The number of ether oxygens (including phenoxy) is 1. The van der Waals surface area contributed by atoms with E-state index in [1.807, 2.05) is 31.3 Å². The molecule has 0 saturated heterocycles. The second-order valence-corrected chi connectivity index (χ2v) is 6.95. The van der Waals surface area contributed by atoms with Crippen molar-refractivity contribution in [2.24, 2.45) is 5.92 Å². The summed E-state index contributed by atoms with van der Waals surface area (Å²) in [7, 11) is 2.74. The van der Waals surface area contributed by atoms with Gasteiger partial charge in [0.15, 0.2) is 0 Å².